The fraction of sp³-hybridized carbons (Fsp3) is 0.588. The first kappa shape index (κ1) is 13.6. The topological polar surface area (TPSA) is 29.5 Å². The Bertz CT molecular complexity index is 445. The van der Waals surface area contributed by atoms with Crippen LogP contribution in [0.3, 0.4) is 0 Å². The molecule has 3 nitrogen and oxygen atoms in total. The van der Waals surface area contributed by atoms with Crippen LogP contribution in [0.25, 0.3) is 0 Å². The zero-order chi connectivity index (χ0) is 13.9. The number of esters is 1. The van der Waals surface area contributed by atoms with Gasteiger partial charge < -0.3 is 4.74 Å². The Balaban J connectivity index is 1.60. The maximum atomic E-state index is 12.1. The number of piperidine rings is 1. The molecule has 0 amide bonds. The minimum Gasteiger partial charge on any atom is -0.459 e. The Morgan fingerprint density at radius 1 is 1.20 bits per heavy atom. The third-order valence-corrected chi connectivity index (χ3v) is 4.61. The number of rotatable bonds is 4. The smallest absolute Gasteiger partial charge is 0.338 e. The van der Waals surface area contributed by atoms with E-state index in [0.717, 1.165) is 12.8 Å². The van der Waals surface area contributed by atoms with E-state index in [4.69, 9.17) is 4.74 Å². The maximum Gasteiger partial charge on any atom is 0.338 e. The Kier molecular flexibility index (Phi) is 4.06. The lowest BCUT2D eigenvalue weighted by Gasteiger charge is -2.38. The molecule has 2 heterocycles. The SMILES string of the molecule is CCCN1[C@@H]2CC[C@H]1CC(OC(=O)c1ccccc1)C2. The summed E-state index contributed by atoms with van der Waals surface area (Å²) in [5.74, 6) is -0.168. The molecule has 0 radical (unpaired) electrons. The lowest BCUT2D eigenvalue weighted by Crippen LogP contribution is -2.46. The van der Waals surface area contributed by atoms with Gasteiger partial charge in [-0.15, -0.1) is 0 Å². The molecule has 2 aliphatic heterocycles. The van der Waals surface area contributed by atoms with Crippen LogP contribution in [0.5, 0.6) is 0 Å². The van der Waals surface area contributed by atoms with Gasteiger partial charge in [-0.2, -0.15) is 0 Å². The molecule has 3 rings (SSSR count). The molecule has 1 aromatic rings. The minimum absolute atomic E-state index is 0.105. The molecule has 20 heavy (non-hydrogen) atoms. The molecule has 0 N–H and O–H groups in total. The van der Waals surface area contributed by atoms with E-state index >= 15 is 0 Å². The van der Waals surface area contributed by atoms with Crippen molar-refractivity contribution in [2.75, 3.05) is 6.54 Å². The van der Waals surface area contributed by atoms with Gasteiger partial charge in [0.2, 0.25) is 0 Å². The lowest BCUT2D eigenvalue weighted by atomic mass is 9.99. The van der Waals surface area contributed by atoms with Crippen LogP contribution in [-0.2, 0) is 4.74 Å². The van der Waals surface area contributed by atoms with E-state index in [9.17, 15) is 4.79 Å². The van der Waals surface area contributed by atoms with Crippen molar-refractivity contribution in [2.24, 2.45) is 0 Å². The largest absolute Gasteiger partial charge is 0.459 e. The van der Waals surface area contributed by atoms with E-state index in [1.165, 1.54) is 25.8 Å². The standard InChI is InChI=1S/C17H23NO2/c1-2-10-18-14-8-9-15(18)12-16(11-14)20-17(19)13-6-4-3-5-7-13/h3-7,14-16H,2,8-12H2,1H3/t14-,15+,16?. The van der Waals surface area contributed by atoms with E-state index in [1.54, 1.807) is 0 Å². The minimum atomic E-state index is -0.168. The van der Waals surface area contributed by atoms with Gasteiger partial charge in [0.05, 0.1) is 5.56 Å². The average molecular weight is 273 g/mol. The van der Waals surface area contributed by atoms with Crippen molar-refractivity contribution < 1.29 is 9.53 Å². The molecule has 0 aliphatic carbocycles. The Hall–Kier alpha value is -1.35. The van der Waals surface area contributed by atoms with Crippen molar-refractivity contribution in [1.82, 2.24) is 4.90 Å². The Labute approximate surface area is 120 Å². The van der Waals surface area contributed by atoms with Crippen molar-refractivity contribution in [2.45, 2.75) is 57.2 Å². The molecule has 0 aromatic heterocycles. The molecule has 0 spiro atoms. The van der Waals surface area contributed by atoms with Crippen molar-refractivity contribution >= 4 is 5.97 Å². The molecule has 108 valence electrons. The molecule has 2 aliphatic rings. The predicted octanol–water partition coefficient (Wildman–Crippen LogP) is 3.25. The number of carbonyl (C=O) groups excluding carboxylic acids is 1. The van der Waals surface area contributed by atoms with Crippen molar-refractivity contribution in [1.29, 1.82) is 0 Å². The second-order valence-electron chi connectivity index (χ2n) is 5.99. The Morgan fingerprint density at radius 2 is 1.85 bits per heavy atom. The molecule has 2 saturated heterocycles. The van der Waals surface area contributed by atoms with Crippen molar-refractivity contribution in [3.8, 4) is 0 Å². The van der Waals surface area contributed by atoms with E-state index < -0.39 is 0 Å². The summed E-state index contributed by atoms with van der Waals surface area (Å²) in [4.78, 5) is 14.7. The van der Waals surface area contributed by atoms with Crippen LogP contribution in [0.1, 0.15) is 49.4 Å². The molecular weight excluding hydrogens is 250 g/mol. The second kappa shape index (κ2) is 5.96. The van der Waals surface area contributed by atoms with Gasteiger partial charge in [-0.1, -0.05) is 25.1 Å². The van der Waals surface area contributed by atoms with Gasteiger partial charge >= 0.3 is 5.97 Å². The summed E-state index contributed by atoms with van der Waals surface area (Å²) in [6, 6.07) is 10.6. The number of benzene rings is 1. The van der Waals surface area contributed by atoms with Crippen LogP contribution in [0.15, 0.2) is 30.3 Å². The first-order chi connectivity index (χ1) is 9.78. The van der Waals surface area contributed by atoms with E-state index in [-0.39, 0.29) is 12.1 Å². The fourth-order valence-corrected chi connectivity index (χ4v) is 3.74. The second-order valence-corrected chi connectivity index (χ2v) is 5.99. The first-order valence-corrected chi connectivity index (χ1v) is 7.79. The summed E-state index contributed by atoms with van der Waals surface area (Å²) in [5, 5.41) is 0. The molecular formula is C17H23NO2. The van der Waals surface area contributed by atoms with Gasteiger partial charge in [0, 0.05) is 24.9 Å². The summed E-state index contributed by atoms with van der Waals surface area (Å²) in [7, 11) is 0. The van der Waals surface area contributed by atoms with Gasteiger partial charge in [-0.25, -0.2) is 4.79 Å². The van der Waals surface area contributed by atoms with E-state index in [0.29, 0.717) is 17.6 Å². The van der Waals surface area contributed by atoms with Gasteiger partial charge in [0.25, 0.3) is 0 Å². The average Bonchev–Trinajstić information content (AvgIpc) is 2.71. The monoisotopic (exact) mass is 273 g/mol. The van der Waals surface area contributed by atoms with Crippen LogP contribution in [0.2, 0.25) is 0 Å². The van der Waals surface area contributed by atoms with E-state index in [1.807, 2.05) is 30.3 Å². The third kappa shape index (κ3) is 2.73. The van der Waals surface area contributed by atoms with Gasteiger partial charge in [0.15, 0.2) is 0 Å². The molecule has 2 bridgehead atoms. The van der Waals surface area contributed by atoms with Gasteiger partial charge in [0.1, 0.15) is 6.10 Å². The predicted molar refractivity (Wildman–Crippen MR) is 78.7 cm³/mol. The van der Waals surface area contributed by atoms with Gasteiger partial charge in [-0.05, 0) is 37.9 Å². The van der Waals surface area contributed by atoms with Crippen LogP contribution in [0.4, 0.5) is 0 Å². The van der Waals surface area contributed by atoms with Crippen molar-refractivity contribution in [3.63, 3.8) is 0 Å². The van der Waals surface area contributed by atoms with Crippen LogP contribution in [0, 0.1) is 0 Å². The summed E-state index contributed by atoms with van der Waals surface area (Å²) in [5.41, 5.74) is 0.663. The molecule has 3 heteroatoms. The molecule has 3 atom stereocenters. The molecule has 2 fully saturated rings. The normalized spacial score (nSPS) is 29.4. The van der Waals surface area contributed by atoms with Crippen molar-refractivity contribution in [3.05, 3.63) is 35.9 Å². The van der Waals surface area contributed by atoms with Gasteiger partial charge in [-0.3, -0.25) is 4.90 Å². The number of carbonyl (C=O) groups is 1. The van der Waals surface area contributed by atoms with Crippen LogP contribution in [-0.4, -0.2) is 35.6 Å². The zero-order valence-electron chi connectivity index (χ0n) is 12.1. The highest BCUT2D eigenvalue weighted by molar-refractivity contribution is 5.89. The number of hydrogen-bond donors (Lipinski definition) is 0. The number of nitrogens with zero attached hydrogens (tertiary/aromatic N) is 1. The number of ether oxygens (including phenoxy) is 1. The molecule has 1 unspecified atom stereocenters. The summed E-state index contributed by atoms with van der Waals surface area (Å²) < 4.78 is 5.72. The molecule has 1 aromatic carbocycles. The summed E-state index contributed by atoms with van der Waals surface area (Å²) >= 11 is 0. The highest BCUT2D eigenvalue weighted by atomic mass is 16.5. The third-order valence-electron chi connectivity index (χ3n) is 4.61. The maximum absolute atomic E-state index is 12.1. The van der Waals surface area contributed by atoms with Crippen LogP contribution < -0.4 is 0 Å². The highest BCUT2D eigenvalue weighted by Crippen LogP contribution is 2.37. The van der Waals surface area contributed by atoms with Crippen LogP contribution >= 0.6 is 0 Å². The zero-order valence-corrected chi connectivity index (χ0v) is 12.1. The first-order valence-electron chi connectivity index (χ1n) is 7.79. The Morgan fingerprint density at radius 3 is 2.45 bits per heavy atom. The lowest BCUT2D eigenvalue weighted by molar-refractivity contribution is -0.00596. The quantitative estimate of drug-likeness (QED) is 0.789. The summed E-state index contributed by atoms with van der Waals surface area (Å²) in [6.07, 6.45) is 5.87. The highest BCUT2D eigenvalue weighted by Gasteiger charge is 2.41. The number of hydrogen-bond acceptors (Lipinski definition) is 3. The van der Waals surface area contributed by atoms with E-state index in [2.05, 4.69) is 11.8 Å². The fourth-order valence-electron chi connectivity index (χ4n) is 3.74. The molecule has 0 saturated carbocycles. The number of fused-ring (bicyclic) bond motifs is 2. The summed E-state index contributed by atoms with van der Waals surface area (Å²) in [6.45, 7) is 3.43.